The van der Waals surface area contributed by atoms with Crippen LogP contribution in [0.25, 0.3) is 0 Å². The van der Waals surface area contributed by atoms with E-state index in [0.717, 1.165) is 11.3 Å². The first-order chi connectivity index (χ1) is 7.69. The first kappa shape index (κ1) is 10.7. The molecule has 1 saturated heterocycles. The van der Waals surface area contributed by atoms with Gasteiger partial charge in [-0.05, 0) is 24.6 Å². The molecule has 3 nitrogen and oxygen atoms in total. The summed E-state index contributed by atoms with van der Waals surface area (Å²) in [4.78, 5) is 17.7. The number of pyridine rings is 1. The van der Waals surface area contributed by atoms with Crippen LogP contribution >= 0.6 is 0 Å². The van der Waals surface area contributed by atoms with E-state index >= 15 is 0 Å². The Bertz CT molecular complexity index is 447. The molecule has 0 N–H and O–H groups in total. The van der Waals surface area contributed by atoms with Crippen LogP contribution < -0.4 is 0 Å². The molecule has 1 amide bonds. The molecule has 16 heavy (non-hydrogen) atoms. The van der Waals surface area contributed by atoms with Crippen molar-refractivity contribution >= 4 is 5.91 Å². The molecule has 2 heterocycles. The minimum absolute atomic E-state index is 0.0670. The van der Waals surface area contributed by atoms with Gasteiger partial charge in [0, 0.05) is 25.1 Å². The third kappa shape index (κ3) is 2.22. The van der Waals surface area contributed by atoms with Crippen molar-refractivity contribution < 1.29 is 4.79 Å². The molecule has 1 aliphatic heterocycles. The highest BCUT2D eigenvalue weighted by Gasteiger charge is 2.28. The predicted octanol–water partition coefficient (Wildman–Crippen LogP) is 1.37. The predicted molar refractivity (Wildman–Crippen MR) is 61.3 cm³/mol. The molecular formula is C13H14N2O. The van der Waals surface area contributed by atoms with Crippen molar-refractivity contribution in [1.82, 2.24) is 9.88 Å². The molecule has 1 atom stereocenters. The third-order valence-corrected chi connectivity index (χ3v) is 2.78. The molecule has 82 valence electrons. The number of likely N-dealkylation sites (tertiary alicyclic amines) is 1. The summed E-state index contributed by atoms with van der Waals surface area (Å²) < 4.78 is 0. The van der Waals surface area contributed by atoms with Crippen LogP contribution in [-0.2, 0) is 11.3 Å². The average Bonchev–Trinajstić information content (AvgIpc) is 2.60. The summed E-state index contributed by atoms with van der Waals surface area (Å²) in [7, 11) is 0. The Labute approximate surface area is 95.5 Å². The van der Waals surface area contributed by atoms with Crippen molar-refractivity contribution in [3.63, 3.8) is 0 Å². The SMILES string of the molecule is C#CC1CC(=O)N(Cc2cc(C)ccn2)C1. The van der Waals surface area contributed by atoms with Gasteiger partial charge in [0.15, 0.2) is 0 Å². The van der Waals surface area contributed by atoms with Gasteiger partial charge in [0.25, 0.3) is 0 Å². The number of aryl methyl sites for hydroxylation is 1. The summed E-state index contributed by atoms with van der Waals surface area (Å²) in [6, 6.07) is 3.94. The van der Waals surface area contributed by atoms with Gasteiger partial charge in [-0.15, -0.1) is 12.3 Å². The Morgan fingerprint density at radius 1 is 1.69 bits per heavy atom. The minimum Gasteiger partial charge on any atom is -0.336 e. The molecule has 1 aromatic rings. The fourth-order valence-corrected chi connectivity index (χ4v) is 1.92. The number of carbonyl (C=O) groups excluding carboxylic acids is 1. The van der Waals surface area contributed by atoms with Gasteiger partial charge in [0.2, 0.25) is 5.91 Å². The number of rotatable bonds is 2. The van der Waals surface area contributed by atoms with E-state index < -0.39 is 0 Å². The van der Waals surface area contributed by atoms with Gasteiger partial charge in [0.05, 0.1) is 12.2 Å². The van der Waals surface area contributed by atoms with Crippen LogP contribution in [-0.4, -0.2) is 22.3 Å². The van der Waals surface area contributed by atoms with Crippen LogP contribution in [0.5, 0.6) is 0 Å². The maximum Gasteiger partial charge on any atom is 0.224 e. The van der Waals surface area contributed by atoms with E-state index in [1.54, 1.807) is 11.1 Å². The number of terminal acetylenes is 1. The van der Waals surface area contributed by atoms with Gasteiger partial charge in [0.1, 0.15) is 0 Å². The lowest BCUT2D eigenvalue weighted by Crippen LogP contribution is -2.25. The quantitative estimate of drug-likeness (QED) is 0.697. The molecule has 0 aromatic carbocycles. The van der Waals surface area contributed by atoms with E-state index in [2.05, 4.69) is 10.9 Å². The second kappa shape index (κ2) is 4.36. The van der Waals surface area contributed by atoms with Crippen LogP contribution in [0.2, 0.25) is 0 Å². The Kier molecular flexibility index (Phi) is 2.91. The zero-order chi connectivity index (χ0) is 11.5. The van der Waals surface area contributed by atoms with Crippen molar-refractivity contribution in [3.8, 4) is 12.3 Å². The molecular weight excluding hydrogens is 200 g/mol. The van der Waals surface area contributed by atoms with Gasteiger partial charge in [-0.25, -0.2) is 0 Å². The van der Waals surface area contributed by atoms with Gasteiger partial charge in [-0.3, -0.25) is 9.78 Å². The van der Waals surface area contributed by atoms with Crippen molar-refractivity contribution in [1.29, 1.82) is 0 Å². The average molecular weight is 214 g/mol. The number of carbonyl (C=O) groups is 1. The molecule has 0 saturated carbocycles. The Hall–Kier alpha value is -1.82. The van der Waals surface area contributed by atoms with E-state index in [4.69, 9.17) is 6.42 Å². The van der Waals surface area contributed by atoms with E-state index in [0.29, 0.717) is 19.5 Å². The fourth-order valence-electron chi connectivity index (χ4n) is 1.92. The second-order valence-electron chi connectivity index (χ2n) is 4.17. The maximum absolute atomic E-state index is 11.6. The number of hydrogen-bond acceptors (Lipinski definition) is 2. The lowest BCUT2D eigenvalue weighted by molar-refractivity contribution is -0.128. The minimum atomic E-state index is 0.0670. The fraction of sp³-hybridized carbons (Fsp3) is 0.385. The van der Waals surface area contributed by atoms with Crippen LogP contribution in [0, 0.1) is 25.2 Å². The Morgan fingerprint density at radius 2 is 2.50 bits per heavy atom. The van der Waals surface area contributed by atoms with E-state index in [9.17, 15) is 4.79 Å². The van der Waals surface area contributed by atoms with E-state index in [1.807, 2.05) is 19.1 Å². The van der Waals surface area contributed by atoms with Gasteiger partial charge < -0.3 is 4.90 Å². The highest BCUT2D eigenvalue weighted by molar-refractivity contribution is 5.79. The highest BCUT2D eigenvalue weighted by atomic mass is 16.2. The molecule has 3 heteroatoms. The van der Waals surface area contributed by atoms with Crippen molar-refractivity contribution in [2.24, 2.45) is 5.92 Å². The molecule has 1 fully saturated rings. The van der Waals surface area contributed by atoms with Gasteiger partial charge in [-0.2, -0.15) is 0 Å². The Balaban J connectivity index is 2.06. The van der Waals surface area contributed by atoms with Gasteiger partial charge in [-0.1, -0.05) is 0 Å². The number of aromatic nitrogens is 1. The van der Waals surface area contributed by atoms with Crippen LogP contribution in [0.4, 0.5) is 0 Å². The highest BCUT2D eigenvalue weighted by Crippen LogP contribution is 2.18. The zero-order valence-electron chi connectivity index (χ0n) is 9.31. The molecule has 1 aliphatic rings. The summed E-state index contributed by atoms with van der Waals surface area (Å²) in [5.74, 6) is 2.84. The molecule has 0 bridgehead atoms. The summed E-state index contributed by atoms with van der Waals surface area (Å²) in [5.41, 5.74) is 2.08. The lowest BCUT2D eigenvalue weighted by Gasteiger charge is -2.15. The molecule has 1 aromatic heterocycles. The first-order valence-electron chi connectivity index (χ1n) is 5.34. The molecule has 0 radical (unpaired) electrons. The van der Waals surface area contributed by atoms with Crippen molar-refractivity contribution in [2.75, 3.05) is 6.54 Å². The number of hydrogen-bond donors (Lipinski definition) is 0. The summed E-state index contributed by atoms with van der Waals surface area (Å²) >= 11 is 0. The number of amides is 1. The summed E-state index contributed by atoms with van der Waals surface area (Å²) in [6.07, 6.45) is 7.57. The summed E-state index contributed by atoms with van der Waals surface area (Å²) in [5, 5.41) is 0. The van der Waals surface area contributed by atoms with E-state index in [-0.39, 0.29) is 11.8 Å². The van der Waals surface area contributed by atoms with Crippen molar-refractivity contribution in [2.45, 2.75) is 19.9 Å². The molecule has 0 spiro atoms. The van der Waals surface area contributed by atoms with E-state index in [1.165, 1.54) is 0 Å². The molecule has 2 rings (SSSR count). The van der Waals surface area contributed by atoms with Crippen molar-refractivity contribution in [3.05, 3.63) is 29.6 Å². The van der Waals surface area contributed by atoms with Crippen LogP contribution in [0.1, 0.15) is 17.7 Å². The second-order valence-corrected chi connectivity index (χ2v) is 4.17. The third-order valence-electron chi connectivity index (χ3n) is 2.78. The Morgan fingerprint density at radius 3 is 3.12 bits per heavy atom. The van der Waals surface area contributed by atoms with Crippen LogP contribution in [0.15, 0.2) is 18.3 Å². The molecule has 0 aliphatic carbocycles. The normalized spacial score (nSPS) is 19.9. The standard InChI is InChI=1S/C13H14N2O/c1-3-11-7-13(16)15(8-11)9-12-6-10(2)4-5-14-12/h1,4-6,11H,7-9H2,2H3. The maximum atomic E-state index is 11.6. The van der Waals surface area contributed by atoms with Crippen LogP contribution in [0.3, 0.4) is 0 Å². The zero-order valence-corrected chi connectivity index (χ0v) is 9.31. The molecule has 1 unspecified atom stereocenters. The monoisotopic (exact) mass is 214 g/mol. The largest absolute Gasteiger partial charge is 0.336 e. The lowest BCUT2D eigenvalue weighted by atomic mass is 10.1. The number of nitrogens with zero attached hydrogens (tertiary/aromatic N) is 2. The van der Waals surface area contributed by atoms with Gasteiger partial charge >= 0.3 is 0 Å². The topological polar surface area (TPSA) is 33.2 Å². The first-order valence-corrected chi connectivity index (χ1v) is 5.34. The summed E-state index contributed by atoms with van der Waals surface area (Å²) in [6.45, 7) is 3.24. The smallest absolute Gasteiger partial charge is 0.224 e.